The summed E-state index contributed by atoms with van der Waals surface area (Å²) in [5, 5.41) is 8.66. The number of nitrogens with one attached hydrogen (secondary N) is 1. The van der Waals surface area contributed by atoms with Crippen molar-refractivity contribution in [3.05, 3.63) is 35.6 Å². The molecule has 0 radical (unpaired) electrons. The Morgan fingerprint density at radius 1 is 1.46 bits per heavy atom. The van der Waals surface area contributed by atoms with Crippen LogP contribution >= 0.6 is 0 Å². The van der Waals surface area contributed by atoms with E-state index in [0.717, 1.165) is 0 Å². The highest BCUT2D eigenvalue weighted by Gasteiger charge is 2.17. The lowest BCUT2D eigenvalue weighted by Crippen LogP contribution is -2.33. The highest BCUT2D eigenvalue weighted by molar-refractivity contribution is 5.75. The predicted molar refractivity (Wildman–Crippen MR) is 44.1 cm³/mol. The van der Waals surface area contributed by atoms with Gasteiger partial charge in [-0.1, -0.05) is 12.1 Å². The van der Waals surface area contributed by atoms with Crippen LogP contribution in [0.5, 0.6) is 0 Å². The first kappa shape index (κ1) is 9.63. The summed E-state index contributed by atoms with van der Waals surface area (Å²) < 4.78 is 12.5. The third-order valence-electron chi connectivity index (χ3n) is 1.62. The zero-order valence-corrected chi connectivity index (χ0v) is 6.70. The summed E-state index contributed by atoms with van der Waals surface area (Å²) in [4.78, 5) is 10.6. The van der Waals surface area contributed by atoms with Crippen LogP contribution in [-0.4, -0.2) is 11.1 Å². The van der Waals surface area contributed by atoms with Crippen molar-refractivity contribution in [3.8, 4) is 0 Å². The minimum absolute atomic E-state index is 0.412. The van der Waals surface area contributed by atoms with Crippen LogP contribution in [0.25, 0.3) is 0 Å². The van der Waals surface area contributed by atoms with Crippen molar-refractivity contribution in [3.63, 3.8) is 0 Å². The molecule has 1 unspecified atom stereocenters. The molecule has 13 heavy (non-hydrogen) atoms. The number of carbonyl (C=O) groups is 1. The van der Waals surface area contributed by atoms with Crippen LogP contribution < -0.4 is 11.3 Å². The molecule has 0 aliphatic heterocycles. The molecule has 1 aromatic carbocycles. The molecule has 1 atom stereocenters. The van der Waals surface area contributed by atoms with Gasteiger partial charge in [0.2, 0.25) is 0 Å². The number of rotatable bonds is 3. The van der Waals surface area contributed by atoms with Gasteiger partial charge in [-0.2, -0.15) is 0 Å². The fourth-order valence-electron chi connectivity index (χ4n) is 0.965. The van der Waals surface area contributed by atoms with E-state index in [4.69, 9.17) is 10.9 Å². The Morgan fingerprint density at radius 2 is 2.00 bits per heavy atom. The lowest BCUT2D eigenvalue weighted by Gasteiger charge is -2.10. The van der Waals surface area contributed by atoms with Crippen molar-refractivity contribution in [2.75, 3.05) is 0 Å². The Morgan fingerprint density at radius 3 is 2.38 bits per heavy atom. The van der Waals surface area contributed by atoms with Gasteiger partial charge in [-0.15, -0.1) is 0 Å². The molecular weight excluding hydrogens is 175 g/mol. The second-order valence-electron chi connectivity index (χ2n) is 2.49. The Kier molecular flexibility index (Phi) is 2.94. The molecular formula is C8H9FN2O2. The van der Waals surface area contributed by atoms with Crippen molar-refractivity contribution in [2.45, 2.75) is 6.04 Å². The number of carboxylic acids is 1. The molecule has 0 aliphatic carbocycles. The van der Waals surface area contributed by atoms with Crippen LogP contribution in [0.4, 0.5) is 4.39 Å². The zero-order valence-electron chi connectivity index (χ0n) is 6.70. The summed E-state index contributed by atoms with van der Waals surface area (Å²) in [6, 6.07) is 4.10. The third kappa shape index (κ3) is 2.24. The summed E-state index contributed by atoms with van der Waals surface area (Å²) in [6.45, 7) is 0. The quantitative estimate of drug-likeness (QED) is 0.470. The van der Waals surface area contributed by atoms with E-state index < -0.39 is 17.8 Å². The number of nitrogens with two attached hydrogens (primary N) is 1. The Balaban J connectivity index is 2.92. The SMILES string of the molecule is NNC(C(=O)O)c1ccc(F)cc1. The molecule has 0 saturated heterocycles. The van der Waals surface area contributed by atoms with Gasteiger partial charge < -0.3 is 5.11 Å². The highest BCUT2D eigenvalue weighted by Crippen LogP contribution is 2.12. The summed E-state index contributed by atoms with van der Waals surface area (Å²) in [7, 11) is 0. The molecule has 1 aromatic rings. The summed E-state index contributed by atoms with van der Waals surface area (Å²) in [6.07, 6.45) is 0. The normalized spacial score (nSPS) is 12.5. The topological polar surface area (TPSA) is 75.3 Å². The number of halogens is 1. The summed E-state index contributed by atoms with van der Waals surface area (Å²) in [5.41, 5.74) is 2.53. The maximum Gasteiger partial charge on any atom is 0.326 e. The molecule has 0 saturated carbocycles. The van der Waals surface area contributed by atoms with Gasteiger partial charge in [-0.05, 0) is 17.7 Å². The van der Waals surface area contributed by atoms with Gasteiger partial charge in [-0.3, -0.25) is 10.6 Å². The molecule has 0 aliphatic rings. The van der Waals surface area contributed by atoms with Crippen LogP contribution in [0.3, 0.4) is 0 Å². The lowest BCUT2D eigenvalue weighted by atomic mass is 10.1. The van der Waals surface area contributed by atoms with Crippen LogP contribution in [0, 0.1) is 5.82 Å². The lowest BCUT2D eigenvalue weighted by molar-refractivity contribution is -0.139. The van der Waals surface area contributed by atoms with Gasteiger partial charge in [0.15, 0.2) is 0 Å². The Hall–Kier alpha value is -1.46. The van der Waals surface area contributed by atoms with E-state index in [-0.39, 0.29) is 0 Å². The van der Waals surface area contributed by atoms with Gasteiger partial charge in [0, 0.05) is 0 Å². The highest BCUT2D eigenvalue weighted by atomic mass is 19.1. The number of hydrogen-bond acceptors (Lipinski definition) is 3. The maximum atomic E-state index is 12.5. The van der Waals surface area contributed by atoms with Gasteiger partial charge >= 0.3 is 5.97 Å². The monoisotopic (exact) mass is 184 g/mol. The number of carboxylic acid groups (broad SMARTS) is 1. The molecule has 4 N–H and O–H groups in total. The molecule has 0 heterocycles. The average Bonchev–Trinajstić information content (AvgIpc) is 2.09. The van der Waals surface area contributed by atoms with Crippen molar-refractivity contribution in [1.29, 1.82) is 0 Å². The molecule has 0 fully saturated rings. The Labute approximate surface area is 74.1 Å². The van der Waals surface area contributed by atoms with Crippen molar-refractivity contribution in [2.24, 2.45) is 5.84 Å². The first-order valence-corrected chi connectivity index (χ1v) is 3.59. The minimum atomic E-state index is -1.10. The van der Waals surface area contributed by atoms with E-state index >= 15 is 0 Å². The fraction of sp³-hybridized carbons (Fsp3) is 0.125. The van der Waals surface area contributed by atoms with Crippen LogP contribution in [0.15, 0.2) is 24.3 Å². The molecule has 0 aromatic heterocycles. The fourth-order valence-corrected chi connectivity index (χ4v) is 0.965. The van der Waals surface area contributed by atoms with Gasteiger partial charge in [0.1, 0.15) is 11.9 Å². The van der Waals surface area contributed by atoms with Gasteiger partial charge in [0.25, 0.3) is 0 Å². The summed E-state index contributed by atoms with van der Waals surface area (Å²) >= 11 is 0. The van der Waals surface area contributed by atoms with E-state index in [1.807, 2.05) is 0 Å². The average molecular weight is 184 g/mol. The number of hydrogen-bond donors (Lipinski definition) is 3. The predicted octanol–water partition coefficient (Wildman–Crippen LogP) is 0.415. The van der Waals surface area contributed by atoms with E-state index in [2.05, 4.69) is 5.43 Å². The second-order valence-corrected chi connectivity index (χ2v) is 2.49. The molecule has 1 rings (SSSR count). The standard InChI is InChI=1S/C8H9FN2O2/c9-6-3-1-5(2-4-6)7(11-10)8(12)13/h1-4,7,11H,10H2,(H,12,13). The van der Waals surface area contributed by atoms with Crippen molar-refractivity contribution >= 4 is 5.97 Å². The zero-order chi connectivity index (χ0) is 9.84. The number of aliphatic carboxylic acids is 1. The van der Waals surface area contributed by atoms with E-state index in [9.17, 15) is 9.18 Å². The van der Waals surface area contributed by atoms with Crippen molar-refractivity contribution in [1.82, 2.24) is 5.43 Å². The first-order chi connectivity index (χ1) is 6.15. The van der Waals surface area contributed by atoms with Crippen LogP contribution in [0.2, 0.25) is 0 Å². The molecule has 0 amide bonds. The largest absolute Gasteiger partial charge is 0.480 e. The molecule has 4 nitrogen and oxygen atoms in total. The minimum Gasteiger partial charge on any atom is -0.480 e. The van der Waals surface area contributed by atoms with Crippen molar-refractivity contribution < 1.29 is 14.3 Å². The molecule has 5 heteroatoms. The Bertz CT molecular complexity index is 300. The van der Waals surface area contributed by atoms with Crippen LogP contribution in [0.1, 0.15) is 11.6 Å². The van der Waals surface area contributed by atoms with Gasteiger partial charge in [-0.25, -0.2) is 9.82 Å². The number of benzene rings is 1. The van der Waals surface area contributed by atoms with E-state index in [1.165, 1.54) is 24.3 Å². The van der Waals surface area contributed by atoms with Crippen LogP contribution in [-0.2, 0) is 4.79 Å². The number of hydrazine groups is 1. The molecule has 70 valence electrons. The van der Waals surface area contributed by atoms with E-state index in [1.54, 1.807) is 0 Å². The van der Waals surface area contributed by atoms with Gasteiger partial charge in [0.05, 0.1) is 0 Å². The first-order valence-electron chi connectivity index (χ1n) is 3.59. The molecule has 0 bridgehead atoms. The third-order valence-corrected chi connectivity index (χ3v) is 1.62. The summed E-state index contributed by atoms with van der Waals surface area (Å²) in [5.74, 6) is 3.50. The van der Waals surface area contributed by atoms with E-state index in [0.29, 0.717) is 5.56 Å². The molecule has 0 spiro atoms. The second kappa shape index (κ2) is 3.97. The smallest absolute Gasteiger partial charge is 0.326 e. The maximum absolute atomic E-state index is 12.5.